The van der Waals surface area contributed by atoms with Crippen LogP contribution in [0.25, 0.3) is 0 Å². The minimum absolute atomic E-state index is 0.0205. The van der Waals surface area contributed by atoms with Gasteiger partial charge in [-0.3, -0.25) is 4.79 Å². The fourth-order valence-electron chi connectivity index (χ4n) is 2.53. The summed E-state index contributed by atoms with van der Waals surface area (Å²) in [6, 6.07) is 8.42. The molecule has 1 aromatic carbocycles. The van der Waals surface area contributed by atoms with E-state index < -0.39 is 0 Å². The van der Waals surface area contributed by atoms with Crippen molar-refractivity contribution in [2.75, 3.05) is 0 Å². The summed E-state index contributed by atoms with van der Waals surface area (Å²) in [4.78, 5) is 11.1. The largest absolute Gasteiger partial charge is 0.462 e. The average molecular weight is 188 g/mol. The molecule has 2 atom stereocenters. The summed E-state index contributed by atoms with van der Waals surface area (Å²) in [7, 11) is 0. The molecule has 72 valence electrons. The van der Waals surface area contributed by atoms with Crippen molar-refractivity contribution >= 4 is 5.97 Å². The van der Waals surface area contributed by atoms with Gasteiger partial charge in [-0.05, 0) is 17.5 Å². The molecule has 0 saturated carbocycles. The molecule has 0 N–H and O–H groups in total. The summed E-state index contributed by atoms with van der Waals surface area (Å²) in [6.07, 6.45) is 2.68. The van der Waals surface area contributed by atoms with Gasteiger partial charge in [0.05, 0.1) is 6.42 Å². The van der Waals surface area contributed by atoms with E-state index in [1.54, 1.807) is 0 Å². The smallest absolute Gasteiger partial charge is 0.306 e. The Morgan fingerprint density at radius 3 is 2.57 bits per heavy atom. The van der Waals surface area contributed by atoms with Crippen LogP contribution in [0.3, 0.4) is 0 Å². The molecule has 2 unspecified atom stereocenters. The minimum atomic E-state index is -0.0205. The van der Waals surface area contributed by atoms with Gasteiger partial charge < -0.3 is 4.74 Å². The third kappa shape index (κ3) is 1.14. The number of hydrogen-bond acceptors (Lipinski definition) is 2. The molecule has 0 radical (unpaired) electrons. The fourth-order valence-corrected chi connectivity index (χ4v) is 2.53. The van der Waals surface area contributed by atoms with E-state index in [4.69, 9.17) is 4.74 Å². The molecular weight excluding hydrogens is 176 g/mol. The molecule has 0 bridgehead atoms. The molecule has 1 heterocycles. The molecule has 1 aliphatic heterocycles. The van der Waals surface area contributed by atoms with Crippen molar-refractivity contribution in [2.45, 2.75) is 25.4 Å². The number of benzene rings is 1. The maximum Gasteiger partial charge on any atom is 0.306 e. The van der Waals surface area contributed by atoms with Crippen molar-refractivity contribution in [3.63, 3.8) is 0 Å². The first kappa shape index (κ1) is 8.04. The van der Waals surface area contributed by atoms with Crippen molar-refractivity contribution < 1.29 is 9.53 Å². The van der Waals surface area contributed by atoms with Crippen LogP contribution in [-0.4, -0.2) is 12.1 Å². The van der Waals surface area contributed by atoms with Gasteiger partial charge in [-0.2, -0.15) is 0 Å². The Balaban J connectivity index is 1.95. The number of hydrogen-bond donors (Lipinski definition) is 0. The number of fused-ring (bicyclic) bond motifs is 2. The molecule has 2 nitrogen and oxygen atoms in total. The second-order valence-electron chi connectivity index (χ2n) is 4.17. The van der Waals surface area contributed by atoms with E-state index in [-0.39, 0.29) is 12.1 Å². The molecule has 0 amide bonds. The summed E-state index contributed by atoms with van der Waals surface area (Å²) < 4.78 is 5.28. The lowest BCUT2D eigenvalue weighted by molar-refractivity contribution is -0.141. The summed E-state index contributed by atoms with van der Waals surface area (Å²) >= 11 is 0. The molecule has 1 aromatic rings. The van der Waals surface area contributed by atoms with Crippen LogP contribution < -0.4 is 0 Å². The summed E-state index contributed by atoms with van der Waals surface area (Å²) in [6.45, 7) is 0. The average Bonchev–Trinajstić information content (AvgIpc) is 2.53. The Morgan fingerprint density at radius 1 is 1.07 bits per heavy atom. The Bertz CT molecular complexity index is 349. The molecule has 1 aliphatic carbocycles. The Morgan fingerprint density at radius 2 is 1.79 bits per heavy atom. The van der Waals surface area contributed by atoms with Gasteiger partial charge in [0, 0.05) is 12.3 Å². The Labute approximate surface area is 82.9 Å². The number of carbonyl (C=O) groups is 1. The third-order valence-electron chi connectivity index (χ3n) is 3.26. The predicted octanol–water partition coefficient (Wildman–Crippen LogP) is 1.72. The van der Waals surface area contributed by atoms with Gasteiger partial charge in [-0.25, -0.2) is 0 Å². The van der Waals surface area contributed by atoms with E-state index in [0.717, 1.165) is 12.8 Å². The maximum atomic E-state index is 11.1. The SMILES string of the molecule is O=C1CC2Cc3ccccc3CC2O1. The Hall–Kier alpha value is -1.31. The zero-order chi connectivity index (χ0) is 9.54. The lowest BCUT2D eigenvalue weighted by Crippen LogP contribution is -2.26. The number of esters is 1. The lowest BCUT2D eigenvalue weighted by Gasteiger charge is -2.25. The lowest BCUT2D eigenvalue weighted by atomic mass is 9.81. The van der Waals surface area contributed by atoms with Crippen molar-refractivity contribution in [3.05, 3.63) is 35.4 Å². The number of rotatable bonds is 0. The fraction of sp³-hybridized carbons (Fsp3) is 0.417. The monoisotopic (exact) mass is 188 g/mol. The highest BCUT2D eigenvalue weighted by atomic mass is 16.5. The third-order valence-corrected chi connectivity index (χ3v) is 3.26. The Kier molecular flexibility index (Phi) is 1.63. The van der Waals surface area contributed by atoms with Crippen LogP contribution in [-0.2, 0) is 22.4 Å². The van der Waals surface area contributed by atoms with Gasteiger partial charge in [-0.15, -0.1) is 0 Å². The first-order valence-electron chi connectivity index (χ1n) is 5.09. The second kappa shape index (κ2) is 2.84. The van der Waals surface area contributed by atoms with E-state index in [1.165, 1.54) is 11.1 Å². The number of carbonyl (C=O) groups excluding carboxylic acids is 1. The molecular formula is C12H12O2. The number of ether oxygens (including phenoxy) is 1. The van der Waals surface area contributed by atoms with E-state index >= 15 is 0 Å². The van der Waals surface area contributed by atoms with Crippen LogP contribution in [0.2, 0.25) is 0 Å². The van der Waals surface area contributed by atoms with Crippen LogP contribution in [0, 0.1) is 5.92 Å². The molecule has 1 saturated heterocycles. The highest BCUT2D eigenvalue weighted by Crippen LogP contribution is 2.34. The van der Waals surface area contributed by atoms with E-state index in [2.05, 4.69) is 24.3 Å². The van der Waals surface area contributed by atoms with Crippen LogP contribution in [0.15, 0.2) is 24.3 Å². The van der Waals surface area contributed by atoms with Gasteiger partial charge in [0.1, 0.15) is 6.10 Å². The molecule has 3 rings (SSSR count). The van der Waals surface area contributed by atoms with Crippen molar-refractivity contribution in [3.8, 4) is 0 Å². The summed E-state index contributed by atoms with van der Waals surface area (Å²) in [5.41, 5.74) is 2.75. The van der Waals surface area contributed by atoms with Crippen LogP contribution in [0.4, 0.5) is 0 Å². The maximum absolute atomic E-state index is 11.1. The topological polar surface area (TPSA) is 26.3 Å². The summed E-state index contributed by atoms with van der Waals surface area (Å²) in [5.74, 6) is 0.408. The van der Waals surface area contributed by atoms with E-state index in [9.17, 15) is 4.79 Å². The van der Waals surface area contributed by atoms with Gasteiger partial charge in [0.15, 0.2) is 0 Å². The zero-order valence-corrected chi connectivity index (χ0v) is 7.90. The van der Waals surface area contributed by atoms with Gasteiger partial charge in [-0.1, -0.05) is 24.3 Å². The van der Waals surface area contributed by atoms with Gasteiger partial charge >= 0.3 is 5.97 Å². The van der Waals surface area contributed by atoms with Crippen LogP contribution in [0.1, 0.15) is 17.5 Å². The van der Waals surface area contributed by atoms with Gasteiger partial charge in [0.25, 0.3) is 0 Å². The minimum Gasteiger partial charge on any atom is -0.462 e. The van der Waals surface area contributed by atoms with E-state index in [0.29, 0.717) is 12.3 Å². The van der Waals surface area contributed by atoms with Crippen LogP contribution in [0.5, 0.6) is 0 Å². The first-order chi connectivity index (χ1) is 6.83. The molecule has 1 fully saturated rings. The quantitative estimate of drug-likeness (QED) is 0.579. The normalized spacial score (nSPS) is 29.3. The van der Waals surface area contributed by atoms with Crippen molar-refractivity contribution in [1.82, 2.24) is 0 Å². The molecule has 2 heteroatoms. The molecule has 2 aliphatic rings. The second-order valence-corrected chi connectivity index (χ2v) is 4.17. The molecule has 0 aromatic heterocycles. The van der Waals surface area contributed by atoms with Crippen molar-refractivity contribution in [1.29, 1.82) is 0 Å². The van der Waals surface area contributed by atoms with Gasteiger partial charge in [0.2, 0.25) is 0 Å². The highest BCUT2D eigenvalue weighted by Gasteiger charge is 2.38. The van der Waals surface area contributed by atoms with Crippen LogP contribution >= 0.6 is 0 Å². The van der Waals surface area contributed by atoms with E-state index in [1.807, 2.05) is 0 Å². The molecule has 0 spiro atoms. The molecule has 14 heavy (non-hydrogen) atoms. The van der Waals surface area contributed by atoms with Crippen molar-refractivity contribution in [2.24, 2.45) is 5.92 Å². The highest BCUT2D eigenvalue weighted by molar-refractivity contribution is 5.72. The zero-order valence-electron chi connectivity index (χ0n) is 7.90. The summed E-state index contributed by atoms with van der Waals surface area (Å²) in [5, 5.41) is 0. The predicted molar refractivity (Wildman–Crippen MR) is 51.8 cm³/mol. The first-order valence-corrected chi connectivity index (χ1v) is 5.09. The standard InChI is InChI=1S/C12H12O2/c13-12-7-10-5-8-3-1-2-4-9(8)6-11(10)14-12/h1-4,10-11H,5-7H2.